The van der Waals surface area contributed by atoms with Crippen LogP contribution in [0.2, 0.25) is 0 Å². The van der Waals surface area contributed by atoms with Crippen molar-refractivity contribution in [3.05, 3.63) is 24.3 Å². The molecular weight excluding hydrogens is 252 g/mol. The van der Waals surface area contributed by atoms with Gasteiger partial charge in [-0.2, -0.15) is 0 Å². The van der Waals surface area contributed by atoms with Gasteiger partial charge in [0, 0.05) is 18.8 Å². The molecule has 0 bridgehead atoms. The number of nitrogens with two attached hydrogens (primary N) is 1. The molecule has 1 aliphatic heterocycles. The molecule has 0 aliphatic carbocycles. The second kappa shape index (κ2) is 5.97. The normalized spacial score (nSPS) is 17.4. The van der Waals surface area contributed by atoms with Crippen LogP contribution in [0.1, 0.15) is 0 Å². The summed E-state index contributed by atoms with van der Waals surface area (Å²) in [5.74, 6) is -0.131. The summed E-state index contributed by atoms with van der Waals surface area (Å²) < 4.78 is 17.2. The lowest BCUT2D eigenvalue weighted by Gasteiger charge is -2.26. The van der Waals surface area contributed by atoms with Crippen LogP contribution in [-0.4, -0.2) is 47.1 Å². The van der Waals surface area contributed by atoms with E-state index in [0.29, 0.717) is 36.9 Å². The van der Waals surface area contributed by atoms with Gasteiger partial charge in [0.2, 0.25) is 5.91 Å². The van der Waals surface area contributed by atoms with Gasteiger partial charge in [0.15, 0.2) is 0 Å². The lowest BCUT2D eigenvalue weighted by Crippen LogP contribution is -2.42. The molecule has 6 heteroatoms. The minimum Gasteiger partial charge on any atom is -0.398 e. The molecule has 1 unspecified atom stereocenters. The van der Waals surface area contributed by atoms with Gasteiger partial charge in [0.1, 0.15) is 5.75 Å². The molecule has 2 N–H and O–H groups in total. The van der Waals surface area contributed by atoms with Crippen molar-refractivity contribution in [3.63, 3.8) is 0 Å². The molecule has 18 heavy (non-hydrogen) atoms. The first-order valence-electron chi connectivity index (χ1n) is 5.77. The van der Waals surface area contributed by atoms with Crippen molar-refractivity contribution in [2.24, 2.45) is 0 Å². The first-order chi connectivity index (χ1) is 8.68. The van der Waals surface area contributed by atoms with E-state index in [1.54, 1.807) is 29.2 Å². The van der Waals surface area contributed by atoms with Crippen molar-refractivity contribution in [3.8, 4) is 0 Å². The fourth-order valence-electron chi connectivity index (χ4n) is 1.78. The number of amides is 1. The number of carbonyl (C=O) groups excluding carboxylic acids is 1. The average molecular weight is 268 g/mol. The van der Waals surface area contributed by atoms with Crippen LogP contribution < -0.4 is 5.73 Å². The predicted octanol–water partition coefficient (Wildman–Crippen LogP) is 0.235. The van der Waals surface area contributed by atoms with Crippen molar-refractivity contribution in [1.29, 1.82) is 0 Å². The maximum absolute atomic E-state index is 12.1. The van der Waals surface area contributed by atoms with Gasteiger partial charge in [-0.15, -0.1) is 0 Å². The van der Waals surface area contributed by atoms with E-state index >= 15 is 0 Å². The van der Waals surface area contributed by atoms with Crippen LogP contribution in [0.3, 0.4) is 0 Å². The number of morpholine rings is 1. The number of hydrogen-bond acceptors (Lipinski definition) is 4. The molecule has 1 aromatic rings. The Kier molecular flexibility index (Phi) is 4.33. The molecular formula is C12H16N2O3S. The van der Waals surface area contributed by atoms with Crippen molar-refractivity contribution in [2.45, 2.75) is 4.90 Å². The van der Waals surface area contributed by atoms with Gasteiger partial charge in [0.05, 0.1) is 28.9 Å². The van der Waals surface area contributed by atoms with Gasteiger partial charge in [-0.05, 0) is 12.1 Å². The van der Waals surface area contributed by atoms with Crippen LogP contribution in [0, 0.1) is 0 Å². The number of benzene rings is 1. The van der Waals surface area contributed by atoms with Crippen molar-refractivity contribution < 1.29 is 13.7 Å². The SMILES string of the molecule is Nc1ccccc1S(=O)CC(=O)N1CCOCC1. The molecule has 0 aromatic heterocycles. The zero-order chi connectivity index (χ0) is 13.0. The van der Waals surface area contributed by atoms with Gasteiger partial charge < -0.3 is 15.4 Å². The van der Waals surface area contributed by atoms with Gasteiger partial charge in [0.25, 0.3) is 0 Å². The summed E-state index contributed by atoms with van der Waals surface area (Å²) >= 11 is 0. The molecule has 1 heterocycles. The van der Waals surface area contributed by atoms with E-state index in [4.69, 9.17) is 10.5 Å². The van der Waals surface area contributed by atoms with Crippen LogP contribution in [-0.2, 0) is 20.3 Å². The monoisotopic (exact) mass is 268 g/mol. The van der Waals surface area contributed by atoms with E-state index in [-0.39, 0.29) is 11.7 Å². The van der Waals surface area contributed by atoms with Gasteiger partial charge in [-0.1, -0.05) is 12.1 Å². The van der Waals surface area contributed by atoms with Gasteiger partial charge in [-0.3, -0.25) is 9.00 Å². The van der Waals surface area contributed by atoms with E-state index in [0.717, 1.165) is 0 Å². The standard InChI is InChI=1S/C12H16N2O3S/c13-10-3-1-2-4-11(10)18(16)9-12(15)14-5-7-17-8-6-14/h1-4H,5-9,13H2. The molecule has 0 radical (unpaired) electrons. The fourth-order valence-corrected chi connectivity index (χ4v) is 2.91. The topological polar surface area (TPSA) is 72.6 Å². The van der Waals surface area contributed by atoms with Crippen molar-refractivity contribution in [2.75, 3.05) is 37.8 Å². The van der Waals surface area contributed by atoms with Gasteiger partial charge >= 0.3 is 0 Å². The second-order valence-electron chi connectivity index (χ2n) is 4.02. The lowest BCUT2D eigenvalue weighted by molar-refractivity contribution is -0.132. The van der Waals surface area contributed by atoms with E-state index in [2.05, 4.69) is 0 Å². The molecule has 5 nitrogen and oxygen atoms in total. The highest BCUT2D eigenvalue weighted by Gasteiger charge is 2.20. The zero-order valence-electron chi connectivity index (χ0n) is 10.0. The third kappa shape index (κ3) is 3.08. The Morgan fingerprint density at radius 3 is 2.67 bits per heavy atom. The number of nitrogen functional groups attached to an aromatic ring is 1. The summed E-state index contributed by atoms with van der Waals surface area (Å²) in [4.78, 5) is 14.1. The molecule has 1 atom stereocenters. The Bertz CT molecular complexity index is 458. The third-order valence-corrected chi connectivity index (χ3v) is 4.15. The molecule has 1 saturated heterocycles. The van der Waals surface area contributed by atoms with Crippen LogP contribution in [0.15, 0.2) is 29.2 Å². The Labute approximate surface area is 108 Å². The highest BCUT2D eigenvalue weighted by Crippen LogP contribution is 2.16. The first kappa shape index (κ1) is 13.0. The third-order valence-electron chi connectivity index (χ3n) is 2.78. The van der Waals surface area contributed by atoms with Crippen LogP contribution in [0.4, 0.5) is 5.69 Å². The van der Waals surface area contributed by atoms with Crippen LogP contribution >= 0.6 is 0 Å². The number of anilines is 1. The molecule has 0 spiro atoms. The highest BCUT2D eigenvalue weighted by atomic mass is 32.2. The van der Waals surface area contributed by atoms with Crippen LogP contribution in [0.25, 0.3) is 0 Å². The van der Waals surface area contributed by atoms with Crippen molar-refractivity contribution in [1.82, 2.24) is 4.90 Å². The maximum Gasteiger partial charge on any atom is 0.235 e. The Hall–Kier alpha value is -1.40. The van der Waals surface area contributed by atoms with Gasteiger partial charge in [-0.25, -0.2) is 0 Å². The number of nitrogens with zero attached hydrogens (tertiary/aromatic N) is 1. The number of ether oxygens (including phenoxy) is 1. The number of hydrogen-bond donors (Lipinski definition) is 1. The smallest absolute Gasteiger partial charge is 0.235 e. The minimum atomic E-state index is -1.38. The first-order valence-corrected chi connectivity index (χ1v) is 7.09. The van der Waals surface area contributed by atoms with E-state index in [1.165, 1.54) is 0 Å². The number of carbonyl (C=O) groups is 1. The molecule has 98 valence electrons. The summed E-state index contributed by atoms with van der Waals surface area (Å²) in [6.45, 7) is 2.23. The minimum absolute atomic E-state index is 0.0196. The molecule has 1 amide bonds. The molecule has 1 fully saturated rings. The Morgan fingerprint density at radius 2 is 2.00 bits per heavy atom. The molecule has 1 aromatic carbocycles. The maximum atomic E-state index is 12.1. The number of para-hydroxylation sites is 1. The second-order valence-corrected chi connectivity index (χ2v) is 5.44. The van der Waals surface area contributed by atoms with E-state index in [9.17, 15) is 9.00 Å². The number of rotatable bonds is 3. The van der Waals surface area contributed by atoms with Crippen LogP contribution in [0.5, 0.6) is 0 Å². The summed E-state index contributed by atoms with van der Waals surface area (Å²) in [6, 6.07) is 6.92. The predicted molar refractivity (Wildman–Crippen MR) is 69.5 cm³/mol. The average Bonchev–Trinajstić information content (AvgIpc) is 2.40. The quantitative estimate of drug-likeness (QED) is 0.797. The summed E-state index contributed by atoms with van der Waals surface area (Å²) in [7, 11) is -1.38. The lowest BCUT2D eigenvalue weighted by atomic mass is 10.3. The summed E-state index contributed by atoms with van der Waals surface area (Å²) in [5.41, 5.74) is 6.20. The summed E-state index contributed by atoms with van der Waals surface area (Å²) in [5, 5.41) is 0. The fraction of sp³-hybridized carbons (Fsp3) is 0.417. The van der Waals surface area contributed by atoms with E-state index in [1.807, 2.05) is 0 Å². The zero-order valence-corrected chi connectivity index (χ0v) is 10.8. The Morgan fingerprint density at radius 1 is 1.33 bits per heavy atom. The largest absolute Gasteiger partial charge is 0.398 e. The van der Waals surface area contributed by atoms with E-state index < -0.39 is 10.8 Å². The Balaban J connectivity index is 1.99. The van der Waals surface area contributed by atoms with Crippen molar-refractivity contribution >= 4 is 22.4 Å². The molecule has 2 rings (SSSR count). The molecule has 1 aliphatic rings. The summed E-state index contributed by atoms with van der Waals surface area (Å²) in [6.07, 6.45) is 0. The highest BCUT2D eigenvalue weighted by molar-refractivity contribution is 7.86. The molecule has 0 saturated carbocycles.